The largest absolute Gasteiger partial charge is 0.298 e. The summed E-state index contributed by atoms with van der Waals surface area (Å²) in [5.41, 5.74) is 1.86. The van der Waals surface area contributed by atoms with E-state index >= 15 is 0 Å². The van der Waals surface area contributed by atoms with Gasteiger partial charge in [0.15, 0.2) is 0 Å². The minimum Gasteiger partial charge on any atom is -0.298 e. The van der Waals surface area contributed by atoms with Crippen LogP contribution >= 0.6 is 15.4 Å². The molecular formula is C28H28NO2P2. The van der Waals surface area contributed by atoms with E-state index in [1.54, 1.807) is 0 Å². The van der Waals surface area contributed by atoms with Crippen molar-refractivity contribution in [2.45, 2.75) is 25.2 Å². The van der Waals surface area contributed by atoms with Gasteiger partial charge in [-0.25, -0.2) is 4.67 Å². The molecule has 0 N–H and O–H groups in total. The van der Waals surface area contributed by atoms with Gasteiger partial charge in [0, 0.05) is 0 Å². The van der Waals surface area contributed by atoms with Crippen LogP contribution in [-0.2, 0) is 14.4 Å². The highest BCUT2D eigenvalue weighted by Gasteiger charge is 2.64. The molecule has 0 unspecified atom stereocenters. The van der Waals surface area contributed by atoms with Crippen molar-refractivity contribution in [1.29, 1.82) is 0 Å². The van der Waals surface area contributed by atoms with Crippen molar-refractivity contribution >= 4 is 26.1 Å². The Morgan fingerprint density at radius 1 is 0.848 bits per heavy atom. The molecule has 1 aliphatic carbocycles. The topological polar surface area (TPSA) is 29.5 Å². The molecule has 3 aromatic carbocycles. The van der Waals surface area contributed by atoms with E-state index in [4.69, 9.17) is 4.52 Å². The van der Waals surface area contributed by atoms with Crippen molar-refractivity contribution in [3.8, 4) is 0 Å². The maximum absolute atomic E-state index is 14.7. The van der Waals surface area contributed by atoms with Crippen molar-refractivity contribution in [3.63, 3.8) is 0 Å². The fraction of sp³-hybridized carbons (Fsp3) is 0.179. The Morgan fingerprint density at radius 2 is 1.36 bits per heavy atom. The molecule has 2 aliphatic rings. The number of nitrogens with zero attached hydrogens (tertiary/aromatic N) is 1. The minimum atomic E-state index is -3.29. The third kappa shape index (κ3) is 3.75. The molecule has 5 heteroatoms. The second-order valence-corrected chi connectivity index (χ2v) is 13.2. The summed E-state index contributed by atoms with van der Waals surface area (Å²) in [6.07, 6.45) is 5.93. The zero-order valence-electron chi connectivity index (χ0n) is 19.1. The van der Waals surface area contributed by atoms with Crippen LogP contribution in [0.15, 0.2) is 91.0 Å². The standard InChI is InChI=1S/C28H28NO2P2/c1-22-14-13-21-27(22)33(30)29(3)23(2)28(31-33,24-15-7-4-8-16-24)32(25-17-9-5-10-18-25)26-19-11-6-12-20-26/h4-21,23H,1-3H3/t23-,28+,33+/m0/s1. The Kier molecular flexibility index (Phi) is 6.36. The second kappa shape index (κ2) is 9.12. The number of rotatable bonds is 5. The normalized spacial score (nSPS) is 29.2. The molecule has 3 aromatic rings. The van der Waals surface area contributed by atoms with Gasteiger partial charge in [0.05, 0.1) is 11.7 Å². The van der Waals surface area contributed by atoms with Gasteiger partial charge in [-0.2, -0.15) is 0 Å². The Morgan fingerprint density at radius 3 is 1.85 bits per heavy atom. The molecular weight excluding hydrogens is 444 g/mol. The number of benzene rings is 3. The van der Waals surface area contributed by atoms with Gasteiger partial charge in [0.25, 0.3) is 7.52 Å². The molecule has 2 fully saturated rings. The van der Waals surface area contributed by atoms with Gasteiger partial charge in [-0.15, -0.1) is 0 Å². The van der Waals surface area contributed by atoms with E-state index in [0.717, 1.165) is 17.1 Å². The van der Waals surface area contributed by atoms with Crippen molar-refractivity contribution in [2.75, 3.05) is 7.05 Å². The molecule has 33 heavy (non-hydrogen) atoms. The number of hydrogen-bond acceptors (Lipinski definition) is 2. The van der Waals surface area contributed by atoms with Crippen LogP contribution in [0.1, 0.15) is 19.4 Å². The van der Waals surface area contributed by atoms with Crippen LogP contribution in [0.4, 0.5) is 0 Å². The SMILES string of the molecule is C[C]1[CH][CH][CH][C]1[P@@]1(=O)O[C@@](c2ccccc2)(P(c2ccccc2)c2ccccc2)[C@H](C)N1C. The zero-order valence-corrected chi connectivity index (χ0v) is 20.9. The average Bonchev–Trinajstić information content (AvgIpc) is 3.38. The van der Waals surface area contributed by atoms with Crippen molar-refractivity contribution < 1.29 is 9.09 Å². The monoisotopic (exact) mass is 472 g/mol. The quantitative estimate of drug-likeness (QED) is 0.410. The molecule has 0 bridgehead atoms. The highest BCUT2D eigenvalue weighted by atomic mass is 31.2. The molecule has 167 valence electrons. The molecule has 1 saturated carbocycles. The maximum atomic E-state index is 14.7. The van der Waals surface area contributed by atoms with Gasteiger partial charge in [-0.3, -0.25) is 9.09 Å². The van der Waals surface area contributed by atoms with Gasteiger partial charge in [-0.1, -0.05) is 97.9 Å². The van der Waals surface area contributed by atoms with Crippen molar-refractivity contribution in [3.05, 3.63) is 127 Å². The summed E-state index contributed by atoms with van der Waals surface area (Å²) in [6.45, 7) is 4.17. The van der Waals surface area contributed by atoms with E-state index in [9.17, 15) is 4.57 Å². The second-order valence-electron chi connectivity index (χ2n) is 8.52. The molecule has 5 rings (SSSR count). The molecule has 0 aromatic heterocycles. The van der Waals surface area contributed by atoms with E-state index in [-0.39, 0.29) is 6.04 Å². The first kappa shape index (κ1) is 23.0. The lowest BCUT2D eigenvalue weighted by Crippen LogP contribution is -2.42. The summed E-state index contributed by atoms with van der Waals surface area (Å²) >= 11 is 0. The predicted molar refractivity (Wildman–Crippen MR) is 138 cm³/mol. The number of likely N-dealkylation sites (N-methyl/N-ethyl adjacent to an activating group) is 1. The molecule has 1 saturated heterocycles. The predicted octanol–water partition coefficient (Wildman–Crippen LogP) is 6.27. The van der Waals surface area contributed by atoms with Crippen LogP contribution in [0.3, 0.4) is 0 Å². The molecule has 0 spiro atoms. The first-order valence-electron chi connectivity index (χ1n) is 11.2. The van der Waals surface area contributed by atoms with Gasteiger partial charge in [-0.05, 0) is 63.2 Å². The molecule has 1 heterocycles. The minimum absolute atomic E-state index is 0.119. The van der Waals surface area contributed by atoms with Crippen LogP contribution in [0.25, 0.3) is 0 Å². The first-order valence-corrected chi connectivity index (χ1v) is 14.1. The van der Waals surface area contributed by atoms with Gasteiger partial charge in [0.2, 0.25) is 0 Å². The van der Waals surface area contributed by atoms with Crippen LogP contribution in [0, 0.1) is 30.8 Å². The van der Waals surface area contributed by atoms with Crippen LogP contribution < -0.4 is 10.6 Å². The molecule has 0 amide bonds. The van der Waals surface area contributed by atoms with Crippen LogP contribution in [0.2, 0.25) is 0 Å². The Labute approximate surface area is 199 Å². The van der Waals surface area contributed by atoms with Crippen LogP contribution in [0.5, 0.6) is 0 Å². The molecule has 3 atom stereocenters. The summed E-state index contributed by atoms with van der Waals surface area (Å²) in [5, 5.41) is 1.62. The summed E-state index contributed by atoms with van der Waals surface area (Å²) in [7, 11) is -2.40. The van der Waals surface area contributed by atoms with E-state index < -0.39 is 20.8 Å². The van der Waals surface area contributed by atoms with Gasteiger partial charge in [0.1, 0.15) is 5.34 Å². The Balaban J connectivity index is 1.76. The highest BCUT2D eigenvalue weighted by molar-refractivity contribution is 7.74. The van der Waals surface area contributed by atoms with E-state index in [2.05, 4.69) is 67.6 Å². The van der Waals surface area contributed by atoms with Gasteiger partial charge < -0.3 is 0 Å². The summed E-state index contributed by atoms with van der Waals surface area (Å²) in [5.74, 6) is 1.00. The molecule has 1 aliphatic heterocycles. The molecule has 5 radical (unpaired) electrons. The smallest absolute Gasteiger partial charge is 0.281 e. The summed E-state index contributed by atoms with van der Waals surface area (Å²) in [6, 6.07) is 31.4. The number of hydrogen-bond donors (Lipinski definition) is 0. The fourth-order valence-electron chi connectivity index (χ4n) is 4.86. The summed E-state index contributed by atoms with van der Waals surface area (Å²) < 4.78 is 23.8. The first-order chi connectivity index (χ1) is 16.0. The zero-order chi connectivity index (χ0) is 23.1. The lowest BCUT2D eigenvalue weighted by molar-refractivity contribution is 0.164. The summed E-state index contributed by atoms with van der Waals surface area (Å²) in [4.78, 5) is 0. The fourth-order valence-corrected chi connectivity index (χ4v) is 11.2. The lowest BCUT2D eigenvalue weighted by Gasteiger charge is -2.41. The molecule has 3 nitrogen and oxygen atoms in total. The highest BCUT2D eigenvalue weighted by Crippen LogP contribution is 2.79. The third-order valence-electron chi connectivity index (χ3n) is 6.66. The Hall–Kier alpha value is -1.76. The maximum Gasteiger partial charge on any atom is 0.281 e. The lowest BCUT2D eigenvalue weighted by atomic mass is 10.0. The average molecular weight is 472 g/mol. The third-order valence-corrected chi connectivity index (χ3v) is 12.6. The van der Waals surface area contributed by atoms with Crippen molar-refractivity contribution in [2.24, 2.45) is 0 Å². The van der Waals surface area contributed by atoms with E-state index in [0.29, 0.717) is 0 Å². The van der Waals surface area contributed by atoms with Crippen LogP contribution in [-0.4, -0.2) is 17.8 Å². The Bertz CT molecular complexity index is 1080. The van der Waals surface area contributed by atoms with Crippen molar-refractivity contribution in [1.82, 2.24) is 4.67 Å². The van der Waals surface area contributed by atoms with Gasteiger partial charge >= 0.3 is 0 Å². The van der Waals surface area contributed by atoms with E-state index in [1.165, 1.54) is 10.6 Å². The van der Waals surface area contributed by atoms with E-state index in [1.807, 2.05) is 68.2 Å².